The standard InChI is InChI=1S/C22H27ClN2O3S/c1-5-28-16-9-6-12(10-15(16)23)20(27)25-21-18(19(24)26)14-8-7-13(22(2,3)4)11-17(14)29-21/h6,9-10,13H,5,7-8,11H2,1-4H3,(H2,24,26)(H,25,27)/t13-/m1/s1. The number of ether oxygens (including phenoxy) is 1. The summed E-state index contributed by atoms with van der Waals surface area (Å²) in [6, 6.07) is 4.89. The topological polar surface area (TPSA) is 81.4 Å². The first-order valence-electron chi connectivity index (χ1n) is 9.79. The van der Waals surface area contributed by atoms with E-state index in [-0.39, 0.29) is 11.3 Å². The van der Waals surface area contributed by atoms with Crippen LogP contribution in [0.2, 0.25) is 5.02 Å². The minimum Gasteiger partial charge on any atom is -0.492 e. The molecule has 0 spiro atoms. The van der Waals surface area contributed by atoms with Crippen molar-refractivity contribution in [2.45, 2.75) is 47.0 Å². The van der Waals surface area contributed by atoms with E-state index in [9.17, 15) is 9.59 Å². The molecule has 0 bridgehead atoms. The molecule has 2 amide bonds. The molecule has 1 atom stereocenters. The lowest BCUT2D eigenvalue weighted by atomic mass is 9.72. The highest BCUT2D eigenvalue weighted by molar-refractivity contribution is 7.17. The number of halogens is 1. The van der Waals surface area contributed by atoms with Crippen LogP contribution in [0.15, 0.2) is 18.2 Å². The van der Waals surface area contributed by atoms with E-state index in [4.69, 9.17) is 22.1 Å². The summed E-state index contributed by atoms with van der Waals surface area (Å²) in [5.41, 5.74) is 7.70. The number of rotatable bonds is 5. The molecular weight excluding hydrogens is 408 g/mol. The molecule has 156 valence electrons. The van der Waals surface area contributed by atoms with Gasteiger partial charge < -0.3 is 15.8 Å². The monoisotopic (exact) mass is 434 g/mol. The Labute approximate surface area is 180 Å². The van der Waals surface area contributed by atoms with Crippen LogP contribution in [0.5, 0.6) is 5.75 Å². The molecule has 0 saturated carbocycles. The van der Waals surface area contributed by atoms with Crippen LogP contribution in [-0.4, -0.2) is 18.4 Å². The Hall–Kier alpha value is -2.05. The van der Waals surface area contributed by atoms with Crippen molar-refractivity contribution >= 4 is 39.8 Å². The van der Waals surface area contributed by atoms with Gasteiger partial charge in [0.05, 0.1) is 17.2 Å². The Balaban J connectivity index is 1.88. The van der Waals surface area contributed by atoms with Crippen molar-refractivity contribution in [3.05, 3.63) is 44.8 Å². The minimum atomic E-state index is -0.503. The molecule has 3 rings (SSSR count). The number of anilines is 1. The quantitative estimate of drug-likeness (QED) is 0.669. The molecule has 0 radical (unpaired) electrons. The van der Waals surface area contributed by atoms with Gasteiger partial charge in [-0.15, -0.1) is 11.3 Å². The van der Waals surface area contributed by atoms with Gasteiger partial charge in [0.1, 0.15) is 10.8 Å². The summed E-state index contributed by atoms with van der Waals surface area (Å²) in [5.74, 6) is 0.228. The molecule has 0 aliphatic heterocycles. The van der Waals surface area contributed by atoms with Crippen molar-refractivity contribution < 1.29 is 14.3 Å². The van der Waals surface area contributed by atoms with Gasteiger partial charge in [0.25, 0.3) is 11.8 Å². The highest BCUT2D eigenvalue weighted by Crippen LogP contribution is 2.44. The summed E-state index contributed by atoms with van der Waals surface area (Å²) in [4.78, 5) is 26.1. The zero-order valence-corrected chi connectivity index (χ0v) is 18.8. The molecule has 1 aromatic heterocycles. The third kappa shape index (κ3) is 4.59. The van der Waals surface area contributed by atoms with E-state index in [1.165, 1.54) is 11.3 Å². The Morgan fingerprint density at radius 1 is 1.34 bits per heavy atom. The Bertz CT molecular complexity index is 946. The highest BCUT2D eigenvalue weighted by Gasteiger charge is 2.33. The number of thiophene rings is 1. The normalized spacial score (nSPS) is 16.2. The fourth-order valence-electron chi connectivity index (χ4n) is 3.76. The average molecular weight is 435 g/mol. The Morgan fingerprint density at radius 3 is 2.66 bits per heavy atom. The second kappa shape index (κ2) is 8.36. The second-order valence-corrected chi connectivity index (χ2v) is 9.92. The summed E-state index contributed by atoms with van der Waals surface area (Å²) in [6.45, 7) is 9.07. The molecule has 0 unspecified atom stereocenters. The maximum Gasteiger partial charge on any atom is 0.256 e. The zero-order valence-electron chi connectivity index (χ0n) is 17.2. The van der Waals surface area contributed by atoms with Crippen molar-refractivity contribution in [3.8, 4) is 5.75 Å². The van der Waals surface area contributed by atoms with E-state index in [0.717, 1.165) is 29.7 Å². The predicted octanol–water partition coefficient (Wildman–Crippen LogP) is 5.30. The van der Waals surface area contributed by atoms with Crippen molar-refractivity contribution in [2.75, 3.05) is 11.9 Å². The van der Waals surface area contributed by atoms with Crippen LogP contribution >= 0.6 is 22.9 Å². The molecule has 3 N–H and O–H groups in total. The fraction of sp³-hybridized carbons (Fsp3) is 0.455. The van der Waals surface area contributed by atoms with E-state index < -0.39 is 5.91 Å². The number of carbonyl (C=O) groups is 2. The van der Waals surface area contributed by atoms with E-state index in [2.05, 4.69) is 26.1 Å². The van der Waals surface area contributed by atoms with E-state index in [1.807, 2.05) is 6.92 Å². The molecule has 1 aliphatic rings. The summed E-state index contributed by atoms with van der Waals surface area (Å²) in [5, 5.41) is 3.77. The lowest BCUT2D eigenvalue weighted by molar-refractivity contribution is 0.1000. The van der Waals surface area contributed by atoms with Crippen LogP contribution in [0.4, 0.5) is 5.00 Å². The van der Waals surface area contributed by atoms with Crippen LogP contribution in [0.1, 0.15) is 65.3 Å². The van der Waals surface area contributed by atoms with E-state index in [0.29, 0.717) is 39.4 Å². The number of hydrogen-bond acceptors (Lipinski definition) is 4. The lowest BCUT2D eigenvalue weighted by Gasteiger charge is -2.33. The first kappa shape index (κ1) is 21.7. The summed E-state index contributed by atoms with van der Waals surface area (Å²) in [6.07, 6.45) is 2.71. The summed E-state index contributed by atoms with van der Waals surface area (Å²) in [7, 11) is 0. The van der Waals surface area contributed by atoms with Gasteiger partial charge in [-0.3, -0.25) is 9.59 Å². The van der Waals surface area contributed by atoms with Crippen LogP contribution in [0.25, 0.3) is 0 Å². The van der Waals surface area contributed by atoms with Gasteiger partial charge in [-0.1, -0.05) is 32.4 Å². The van der Waals surface area contributed by atoms with E-state index >= 15 is 0 Å². The average Bonchev–Trinajstić information content (AvgIpc) is 2.99. The predicted molar refractivity (Wildman–Crippen MR) is 118 cm³/mol. The molecule has 0 saturated heterocycles. The van der Waals surface area contributed by atoms with Crippen LogP contribution < -0.4 is 15.8 Å². The highest BCUT2D eigenvalue weighted by atomic mass is 35.5. The molecule has 1 aliphatic carbocycles. The number of benzene rings is 1. The fourth-order valence-corrected chi connectivity index (χ4v) is 5.33. The van der Waals surface area contributed by atoms with E-state index in [1.54, 1.807) is 18.2 Å². The van der Waals surface area contributed by atoms with Crippen LogP contribution in [-0.2, 0) is 12.8 Å². The van der Waals surface area contributed by atoms with Crippen LogP contribution in [0.3, 0.4) is 0 Å². The number of carbonyl (C=O) groups excluding carboxylic acids is 2. The molecule has 7 heteroatoms. The molecule has 1 aromatic carbocycles. The summed E-state index contributed by atoms with van der Waals surface area (Å²) >= 11 is 7.66. The number of nitrogens with one attached hydrogen (secondary N) is 1. The maximum atomic E-state index is 12.8. The number of amides is 2. The SMILES string of the molecule is CCOc1ccc(C(=O)Nc2sc3c(c2C(N)=O)CC[C@@H](C(C)(C)C)C3)cc1Cl. The number of nitrogens with two attached hydrogens (primary N) is 1. The molecule has 1 heterocycles. The Kier molecular flexibility index (Phi) is 6.24. The lowest BCUT2D eigenvalue weighted by Crippen LogP contribution is -2.27. The van der Waals surface area contributed by atoms with Gasteiger partial charge >= 0.3 is 0 Å². The molecule has 2 aromatic rings. The van der Waals surface area contributed by atoms with Gasteiger partial charge in [-0.05, 0) is 61.3 Å². The Morgan fingerprint density at radius 2 is 2.07 bits per heavy atom. The molecule has 5 nitrogen and oxygen atoms in total. The van der Waals surface area contributed by atoms with Crippen molar-refractivity contribution in [1.82, 2.24) is 0 Å². The smallest absolute Gasteiger partial charge is 0.256 e. The van der Waals surface area contributed by atoms with Gasteiger partial charge in [-0.2, -0.15) is 0 Å². The van der Waals surface area contributed by atoms with Gasteiger partial charge in [-0.25, -0.2) is 0 Å². The summed E-state index contributed by atoms with van der Waals surface area (Å²) < 4.78 is 5.41. The third-order valence-electron chi connectivity index (χ3n) is 5.46. The van der Waals surface area contributed by atoms with Gasteiger partial charge in [0.2, 0.25) is 0 Å². The van der Waals surface area contributed by atoms with Crippen molar-refractivity contribution in [3.63, 3.8) is 0 Å². The maximum absolute atomic E-state index is 12.8. The number of hydrogen-bond donors (Lipinski definition) is 2. The second-order valence-electron chi connectivity index (χ2n) is 8.41. The molecule has 29 heavy (non-hydrogen) atoms. The first-order valence-corrected chi connectivity index (χ1v) is 11.0. The third-order valence-corrected chi connectivity index (χ3v) is 6.92. The largest absolute Gasteiger partial charge is 0.492 e. The van der Waals surface area contributed by atoms with Gasteiger partial charge in [0.15, 0.2) is 0 Å². The first-order chi connectivity index (χ1) is 13.6. The minimum absolute atomic E-state index is 0.192. The van der Waals surface area contributed by atoms with Crippen LogP contribution in [0, 0.1) is 11.3 Å². The van der Waals surface area contributed by atoms with Crippen molar-refractivity contribution in [2.24, 2.45) is 17.1 Å². The van der Waals surface area contributed by atoms with Crippen molar-refractivity contribution in [1.29, 1.82) is 0 Å². The molecular formula is C22H27ClN2O3S. The molecule has 0 fully saturated rings. The number of fused-ring (bicyclic) bond motifs is 1. The zero-order chi connectivity index (χ0) is 21.3. The van der Waals surface area contributed by atoms with Gasteiger partial charge in [0, 0.05) is 10.4 Å². The number of primary amides is 1.